The molecule has 0 bridgehead atoms. The topological polar surface area (TPSA) is 32.8 Å². The summed E-state index contributed by atoms with van der Waals surface area (Å²) >= 11 is 0. The van der Waals surface area contributed by atoms with E-state index in [2.05, 4.69) is 11.8 Å². The van der Waals surface area contributed by atoms with Crippen molar-refractivity contribution in [2.45, 2.75) is 25.3 Å². The van der Waals surface area contributed by atoms with Crippen LogP contribution < -0.4 is 0 Å². The minimum absolute atomic E-state index is 0.0301. The van der Waals surface area contributed by atoms with Crippen LogP contribution in [0.5, 0.6) is 0 Å². The van der Waals surface area contributed by atoms with Gasteiger partial charge in [-0.15, -0.1) is 0 Å². The number of morpholine rings is 1. The van der Waals surface area contributed by atoms with Crippen LogP contribution in [0.15, 0.2) is 24.3 Å². The van der Waals surface area contributed by atoms with E-state index in [0.717, 1.165) is 45.8 Å². The van der Waals surface area contributed by atoms with Crippen LogP contribution in [0.1, 0.15) is 24.8 Å². The Morgan fingerprint density at radius 3 is 2.71 bits per heavy atom. The summed E-state index contributed by atoms with van der Waals surface area (Å²) in [5.41, 5.74) is 0.702. The summed E-state index contributed by atoms with van der Waals surface area (Å²) < 4.78 is 19.4. The van der Waals surface area contributed by atoms with E-state index in [-0.39, 0.29) is 23.6 Å². The SMILES string of the molecule is C[C@@H]1CN(C(=O)[C@@H]2C[C@@H]2c2ccccc2F)C[C@H]1N1CCOCC1. The summed E-state index contributed by atoms with van der Waals surface area (Å²) in [7, 11) is 0. The molecule has 3 aliphatic rings. The first-order chi connectivity index (χ1) is 11.6. The van der Waals surface area contributed by atoms with E-state index < -0.39 is 0 Å². The zero-order valence-corrected chi connectivity index (χ0v) is 14.2. The summed E-state index contributed by atoms with van der Waals surface area (Å²) in [6, 6.07) is 7.29. The average molecular weight is 332 g/mol. The van der Waals surface area contributed by atoms with E-state index in [9.17, 15) is 9.18 Å². The highest BCUT2D eigenvalue weighted by molar-refractivity contribution is 5.83. The van der Waals surface area contributed by atoms with Gasteiger partial charge in [0, 0.05) is 38.1 Å². The van der Waals surface area contributed by atoms with Gasteiger partial charge in [-0.25, -0.2) is 4.39 Å². The van der Waals surface area contributed by atoms with Gasteiger partial charge in [-0.1, -0.05) is 25.1 Å². The van der Waals surface area contributed by atoms with Gasteiger partial charge in [0.1, 0.15) is 5.82 Å². The molecule has 2 aliphatic heterocycles. The van der Waals surface area contributed by atoms with E-state index in [0.29, 0.717) is 17.5 Å². The molecule has 1 aromatic carbocycles. The third kappa shape index (κ3) is 2.95. The fourth-order valence-corrected chi connectivity index (χ4v) is 4.34. The van der Waals surface area contributed by atoms with Crippen LogP contribution >= 0.6 is 0 Å². The summed E-state index contributed by atoms with van der Waals surface area (Å²) in [5.74, 6) is 0.552. The number of hydrogen-bond donors (Lipinski definition) is 0. The molecule has 4 rings (SSSR count). The highest BCUT2D eigenvalue weighted by Crippen LogP contribution is 2.49. The molecule has 4 atom stereocenters. The number of rotatable bonds is 3. The second-order valence-electron chi connectivity index (χ2n) is 7.41. The van der Waals surface area contributed by atoms with Crippen molar-refractivity contribution < 1.29 is 13.9 Å². The zero-order valence-electron chi connectivity index (χ0n) is 14.2. The molecule has 4 nitrogen and oxygen atoms in total. The van der Waals surface area contributed by atoms with Gasteiger partial charge >= 0.3 is 0 Å². The number of ether oxygens (including phenoxy) is 1. The van der Waals surface area contributed by atoms with Crippen molar-refractivity contribution in [3.63, 3.8) is 0 Å². The number of halogens is 1. The van der Waals surface area contributed by atoms with Crippen molar-refractivity contribution >= 4 is 5.91 Å². The predicted molar refractivity (Wildman–Crippen MR) is 89.2 cm³/mol. The van der Waals surface area contributed by atoms with Crippen molar-refractivity contribution in [2.24, 2.45) is 11.8 Å². The van der Waals surface area contributed by atoms with Gasteiger partial charge < -0.3 is 9.64 Å². The Balaban J connectivity index is 1.39. The number of hydrogen-bond acceptors (Lipinski definition) is 3. The smallest absolute Gasteiger partial charge is 0.226 e. The first kappa shape index (κ1) is 16.0. The maximum atomic E-state index is 13.9. The zero-order chi connectivity index (χ0) is 16.7. The number of nitrogens with zero attached hydrogens (tertiary/aromatic N) is 2. The van der Waals surface area contributed by atoms with Crippen LogP contribution in [-0.2, 0) is 9.53 Å². The number of benzene rings is 1. The molecular weight excluding hydrogens is 307 g/mol. The molecule has 0 spiro atoms. The van der Waals surface area contributed by atoms with Crippen LogP contribution in [0, 0.1) is 17.7 Å². The van der Waals surface area contributed by atoms with E-state index in [1.54, 1.807) is 6.07 Å². The van der Waals surface area contributed by atoms with E-state index in [1.165, 1.54) is 6.07 Å². The van der Waals surface area contributed by atoms with Crippen molar-refractivity contribution in [1.82, 2.24) is 9.80 Å². The lowest BCUT2D eigenvalue weighted by Crippen LogP contribution is -2.47. The number of likely N-dealkylation sites (tertiary alicyclic amines) is 1. The van der Waals surface area contributed by atoms with E-state index in [4.69, 9.17) is 4.74 Å². The summed E-state index contributed by atoms with van der Waals surface area (Å²) in [5, 5.41) is 0. The summed E-state index contributed by atoms with van der Waals surface area (Å²) in [4.78, 5) is 17.3. The minimum atomic E-state index is -0.182. The molecule has 3 fully saturated rings. The molecule has 1 aliphatic carbocycles. The fourth-order valence-electron chi connectivity index (χ4n) is 4.34. The standard InChI is InChI=1S/C19H25FN2O2/c1-13-11-22(12-18(13)21-6-8-24-9-7-21)19(23)16-10-15(16)14-4-2-3-5-17(14)20/h2-5,13,15-16,18H,6-12H2,1H3/t13-,15-,16-,18-/m1/s1. The minimum Gasteiger partial charge on any atom is -0.379 e. The molecule has 2 saturated heterocycles. The molecule has 1 saturated carbocycles. The molecule has 5 heteroatoms. The first-order valence-electron chi connectivity index (χ1n) is 9.00. The van der Waals surface area contributed by atoms with Gasteiger partial charge in [0.05, 0.1) is 13.2 Å². The lowest BCUT2D eigenvalue weighted by molar-refractivity contribution is -0.131. The van der Waals surface area contributed by atoms with Crippen LogP contribution in [-0.4, -0.2) is 61.1 Å². The van der Waals surface area contributed by atoms with Crippen LogP contribution in [0.4, 0.5) is 4.39 Å². The highest BCUT2D eigenvalue weighted by atomic mass is 19.1. The van der Waals surface area contributed by atoms with Crippen molar-refractivity contribution in [1.29, 1.82) is 0 Å². The largest absolute Gasteiger partial charge is 0.379 e. The van der Waals surface area contributed by atoms with Gasteiger partial charge in [-0.3, -0.25) is 9.69 Å². The van der Waals surface area contributed by atoms with E-state index in [1.807, 2.05) is 17.0 Å². The Morgan fingerprint density at radius 2 is 1.96 bits per heavy atom. The molecule has 1 aromatic rings. The Kier molecular flexibility index (Phi) is 4.31. The Bertz CT molecular complexity index is 617. The number of amides is 1. The average Bonchev–Trinajstić information content (AvgIpc) is 3.30. The Labute approximate surface area is 142 Å². The number of carbonyl (C=O) groups is 1. The van der Waals surface area contributed by atoms with Gasteiger partial charge in [0.25, 0.3) is 0 Å². The maximum absolute atomic E-state index is 13.9. The Hall–Kier alpha value is -1.46. The second-order valence-corrected chi connectivity index (χ2v) is 7.41. The lowest BCUT2D eigenvalue weighted by atomic mass is 10.0. The molecule has 1 amide bonds. The quantitative estimate of drug-likeness (QED) is 0.850. The molecule has 0 radical (unpaired) electrons. The highest BCUT2D eigenvalue weighted by Gasteiger charge is 2.49. The normalized spacial score (nSPS) is 33.7. The molecule has 0 N–H and O–H groups in total. The molecule has 24 heavy (non-hydrogen) atoms. The molecular formula is C19H25FN2O2. The molecule has 0 aromatic heterocycles. The molecule has 0 unspecified atom stereocenters. The van der Waals surface area contributed by atoms with Crippen molar-refractivity contribution in [3.8, 4) is 0 Å². The van der Waals surface area contributed by atoms with Gasteiger partial charge in [-0.05, 0) is 29.9 Å². The summed E-state index contributed by atoms with van der Waals surface area (Å²) in [6.07, 6.45) is 0.785. The van der Waals surface area contributed by atoms with Gasteiger partial charge in [0.15, 0.2) is 0 Å². The second kappa shape index (κ2) is 6.45. The Morgan fingerprint density at radius 1 is 1.21 bits per heavy atom. The first-order valence-corrected chi connectivity index (χ1v) is 9.00. The molecule has 2 heterocycles. The van der Waals surface area contributed by atoms with Crippen LogP contribution in [0.25, 0.3) is 0 Å². The third-order valence-electron chi connectivity index (χ3n) is 5.81. The van der Waals surface area contributed by atoms with Crippen LogP contribution in [0.3, 0.4) is 0 Å². The van der Waals surface area contributed by atoms with Gasteiger partial charge in [0.2, 0.25) is 5.91 Å². The predicted octanol–water partition coefficient (Wildman–Crippen LogP) is 2.11. The monoisotopic (exact) mass is 332 g/mol. The molecule has 130 valence electrons. The van der Waals surface area contributed by atoms with Gasteiger partial charge in [-0.2, -0.15) is 0 Å². The maximum Gasteiger partial charge on any atom is 0.226 e. The van der Waals surface area contributed by atoms with Crippen molar-refractivity contribution in [3.05, 3.63) is 35.6 Å². The van der Waals surface area contributed by atoms with E-state index >= 15 is 0 Å². The van der Waals surface area contributed by atoms with Crippen LogP contribution in [0.2, 0.25) is 0 Å². The van der Waals surface area contributed by atoms with Crippen molar-refractivity contribution in [2.75, 3.05) is 39.4 Å². The lowest BCUT2D eigenvalue weighted by Gasteiger charge is -2.34. The summed E-state index contributed by atoms with van der Waals surface area (Å²) in [6.45, 7) is 7.34. The number of carbonyl (C=O) groups excluding carboxylic acids is 1. The third-order valence-corrected chi connectivity index (χ3v) is 5.81. The fraction of sp³-hybridized carbons (Fsp3) is 0.632.